The van der Waals surface area contributed by atoms with E-state index in [1.54, 1.807) is 12.1 Å². The van der Waals surface area contributed by atoms with Crippen molar-refractivity contribution >= 4 is 11.5 Å². The summed E-state index contributed by atoms with van der Waals surface area (Å²) in [7, 11) is 0. The van der Waals surface area contributed by atoms with Crippen molar-refractivity contribution in [2.24, 2.45) is 0 Å². The maximum atomic E-state index is 13.3. The van der Waals surface area contributed by atoms with Crippen molar-refractivity contribution in [1.29, 1.82) is 0 Å². The number of nitrogens with one attached hydrogen (secondary N) is 1. The van der Waals surface area contributed by atoms with Gasteiger partial charge >= 0.3 is 0 Å². The maximum absolute atomic E-state index is 13.3. The number of benzene rings is 2. The Morgan fingerprint density at radius 2 is 1.70 bits per heavy atom. The van der Waals surface area contributed by atoms with Crippen LogP contribution in [0.4, 0.5) is 10.2 Å². The van der Waals surface area contributed by atoms with Crippen molar-refractivity contribution in [2.45, 2.75) is 26.8 Å². The fourth-order valence-corrected chi connectivity index (χ4v) is 3.35. The second-order valence-electron chi connectivity index (χ2n) is 6.76. The third-order valence-electron chi connectivity index (χ3n) is 4.69. The molecule has 0 saturated heterocycles. The molecule has 2 heterocycles. The number of halogens is 1. The molecular formula is C22H21FN4. The van der Waals surface area contributed by atoms with Gasteiger partial charge in [-0.1, -0.05) is 42.5 Å². The second-order valence-corrected chi connectivity index (χ2v) is 6.76. The van der Waals surface area contributed by atoms with Crippen molar-refractivity contribution in [3.05, 3.63) is 83.4 Å². The highest BCUT2D eigenvalue weighted by atomic mass is 19.1. The molecule has 0 aliphatic heterocycles. The SMILES string of the molecule is Cc1cc(N[C@@H](C)c2ccccc2)n2nc(C)c(-c3ccc(F)cc3)c2n1. The van der Waals surface area contributed by atoms with Crippen LogP contribution in [0.5, 0.6) is 0 Å². The topological polar surface area (TPSA) is 42.2 Å². The van der Waals surface area contributed by atoms with Crippen LogP contribution in [0.2, 0.25) is 0 Å². The van der Waals surface area contributed by atoms with Crippen LogP contribution >= 0.6 is 0 Å². The Kier molecular flexibility index (Phi) is 4.36. The first-order valence-electron chi connectivity index (χ1n) is 8.97. The fraction of sp³-hybridized carbons (Fsp3) is 0.182. The molecule has 0 amide bonds. The van der Waals surface area contributed by atoms with Gasteiger partial charge in [-0.3, -0.25) is 0 Å². The van der Waals surface area contributed by atoms with Crippen LogP contribution in [-0.4, -0.2) is 14.6 Å². The summed E-state index contributed by atoms with van der Waals surface area (Å²) in [6, 6.07) is 18.8. The first kappa shape index (κ1) is 17.2. The maximum Gasteiger partial charge on any atom is 0.165 e. The molecule has 4 aromatic rings. The highest BCUT2D eigenvalue weighted by Gasteiger charge is 2.17. The van der Waals surface area contributed by atoms with Gasteiger partial charge in [-0.05, 0) is 44.0 Å². The normalized spacial score (nSPS) is 12.3. The third-order valence-corrected chi connectivity index (χ3v) is 4.69. The Morgan fingerprint density at radius 1 is 1.00 bits per heavy atom. The van der Waals surface area contributed by atoms with E-state index in [-0.39, 0.29) is 11.9 Å². The molecule has 1 N–H and O–H groups in total. The van der Waals surface area contributed by atoms with Crippen LogP contribution in [0.1, 0.15) is 29.9 Å². The van der Waals surface area contributed by atoms with Gasteiger partial charge in [0, 0.05) is 23.4 Å². The zero-order valence-corrected chi connectivity index (χ0v) is 15.6. The summed E-state index contributed by atoms with van der Waals surface area (Å²) in [5, 5.41) is 8.24. The van der Waals surface area contributed by atoms with E-state index in [9.17, 15) is 4.39 Å². The average Bonchev–Trinajstić information content (AvgIpc) is 2.99. The molecule has 0 spiro atoms. The van der Waals surface area contributed by atoms with E-state index < -0.39 is 0 Å². The summed E-state index contributed by atoms with van der Waals surface area (Å²) in [5.41, 5.74) is 5.55. The molecule has 0 aliphatic rings. The fourth-order valence-electron chi connectivity index (χ4n) is 3.35. The van der Waals surface area contributed by atoms with Crippen molar-refractivity contribution < 1.29 is 4.39 Å². The highest BCUT2D eigenvalue weighted by Crippen LogP contribution is 2.30. The molecule has 4 nitrogen and oxygen atoms in total. The zero-order valence-electron chi connectivity index (χ0n) is 15.6. The standard InChI is InChI=1S/C22H21FN4/c1-14-13-20(25-15(2)17-7-5-4-6-8-17)27-22(24-14)21(16(3)26-27)18-9-11-19(23)12-10-18/h4-13,15,25H,1-3H3/t15-/m0/s1. The molecular weight excluding hydrogens is 339 g/mol. The number of aromatic nitrogens is 3. The molecule has 0 bridgehead atoms. The van der Waals surface area contributed by atoms with Gasteiger partial charge in [0.15, 0.2) is 5.65 Å². The van der Waals surface area contributed by atoms with Gasteiger partial charge < -0.3 is 5.32 Å². The van der Waals surface area contributed by atoms with E-state index in [2.05, 4.69) is 24.4 Å². The van der Waals surface area contributed by atoms with E-state index in [1.807, 2.05) is 42.6 Å². The van der Waals surface area contributed by atoms with E-state index in [1.165, 1.54) is 17.7 Å². The van der Waals surface area contributed by atoms with Crippen molar-refractivity contribution in [3.63, 3.8) is 0 Å². The number of rotatable bonds is 4. The monoisotopic (exact) mass is 360 g/mol. The number of anilines is 1. The molecule has 2 aromatic heterocycles. The molecule has 4 rings (SSSR count). The molecule has 0 saturated carbocycles. The Hall–Kier alpha value is -3.21. The molecule has 27 heavy (non-hydrogen) atoms. The number of nitrogens with zero attached hydrogens (tertiary/aromatic N) is 3. The van der Waals surface area contributed by atoms with Gasteiger partial charge in [-0.2, -0.15) is 9.61 Å². The Labute approximate surface area is 157 Å². The zero-order chi connectivity index (χ0) is 19.0. The summed E-state index contributed by atoms with van der Waals surface area (Å²) < 4.78 is 15.2. The minimum Gasteiger partial charge on any atom is -0.363 e. The van der Waals surface area contributed by atoms with E-state index in [4.69, 9.17) is 10.1 Å². The smallest absolute Gasteiger partial charge is 0.165 e. The summed E-state index contributed by atoms with van der Waals surface area (Å²) in [6.07, 6.45) is 0. The molecule has 2 aromatic carbocycles. The molecule has 0 unspecified atom stereocenters. The Balaban J connectivity index is 1.81. The lowest BCUT2D eigenvalue weighted by molar-refractivity contribution is 0.628. The van der Waals surface area contributed by atoms with E-state index in [0.717, 1.165) is 34.0 Å². The van der Waals surface area contributed by atoms with Crippen LogP contribution in [0, 0.1) is 19.7 Å². The molecule has 5 heteroatoms. The minimum absolute atomic E-state index is 0.120. The predicted octanol–water partition coefficient (Wildman–Crippen LogP) is 5.33. The van der Waals surface area contributed by atoms with Crippen LogP contribution in [0.3, 0.4) is 0 Å². The number of aryl methyl sites for hydroxylation is 2. The minimum atomic E-state index is -0.254. The third kappa shape index (κ3) is 3.28. The van der Waals surface area contributed by atoms with Crippen molar-refractivity contribution in [2.75, 3.05) is 5.32 Å². The first-order chi connectivity index (χ1) is 13.0. The highest BCUT2D eigenvalue weighted by molar-refractivity contribution is 5.81. The van der Waals surface area contributed by atoms with Crippen molar-refractivity contribution in [1.82, 2.24) is 14.6 Å². The molecule has 0 fully saturated rings. The van der Waals surface area contributed by atoms with Gasteiger partial charge in [0.05, 0.1) is 5.69 Å². The first-order valence-corrected chi connectivity index (χ1v) is 8.97. The van der Waals surface area contributed by atoms with E-state index in [0.29, 0.717) is 0 Å². The summed E-state index contributed by atoms with van der Waals surface area (Å²) in [6.45, 7) is 6.04. The molecule has 136 valence electrons. The summed E-state index contributed by atoms with van der Waals surface area (Å²) >= 11 is 0. The Bertz CT molecular complexity index is 1080. The predicted molar refractivity (Wildman–Crippen MR) is 106 cm³/mol. The van der Waals surface area contributed by atoms with E-state index >= 15 is 0 Å². The lowest BCUT2D eigenvalue weighted by Crippen LogP contribution is -2.11. The molecule has 1 atom stereocenters. The summed E-state index contributed by atoms with van der Waals surface area (Å²) in [4.78, 5) is 4.70. The molecule has 0 aliphatic carbocycles. The number of fused-ring (bicyclic) bond motifs is 1. The van der Waals surface area contributed by atoms with Crippen LogP contribution in [-0.2, 0) is 0 Å². The second kappa shape index (κ2) is 6.83. The summed E-state index contributed by atoms with van der Waals surface area (Å²) in [5.74, 6) is 0.626. The van der Waals surface area contributed by atoms with Gasteiger partial charge in [-0.25, -0.2) is 9.37 Å². The molecule has 0 radical (unpaired) electrons. The lowest BCUT2D eigenvalue weighted by Gasteiger charge is -2.17. The largest absolute Gasteiger partial charge is 0.363 e. The Morgan fingerprint density at radius 3 is 2.41 bits per heavy atom. The van der Waals surface area contributed by atoms with Gasteiger partial charge in [0.1, 0.15) is 11.6 Å². The van der Waals surface area contributed by atoms with Gasteiger partial charge in [-0.15, -0.1) is 0 Å². The average molecular weight is 360 g/mol. The quantitative estimate of drug-likeness (QED) is 0.535. The number of hydrogen-bond acceptors (Lipinski definition) is 3. The van der Waals surface area contributed by atoms with Gasteiger partial charge in [0.2, 0.25) is 0 Å². The van der Waals surface area contributed by atoms with Crippen molar-refractivity contribution in [3.8, 4) is 11.1 Å². The number of hydrogen-bond donors (Lipinski definition) is 1. The van der Waals surface area contributed by atoms with Crippen LogP contribution in [0.15, 0.2) is 60.7 Å². The van der Waals surface area contributed by atoms with Gasteiger partial charge in [0.25, 0.3) is 0 Å². The lowest BCUT2D eigenvalue weighted by atomic mass is 10.1. The van der Waals surface area contributed by atoms with Crippen LogP contribution < -0.4 is 5.32 Å². The van der Waals surface area contributed by atoms with Crippen LogP contribution in [0.25, 0.3) is 16.8 Å².